The average Bonchev–Trinajstić information content (AvgIpc) is 3.20. The molecule has 4 heterocycles. The fraction of sp³-hybridized carbons (Fsp3) is 0.545. The third kappa shape index (κ3) is 6.92. The monoisotopic (exact) mass is 543 g/mol. The van der Waals surface area contributed by atoms with E-state index in [4.69, 9.17) is 4.74 Å². The van der Waals surface area contributed by atoms with E-state index in [0.29, 0.717) is 13.0 Å². The van der Waals surface area contributed by atoms with Crippen LogP contribution in [0.5, 0.6) is 5.75 Å². The van der Waals surface area contributed by atoms with Crippen molar-refractivity contribution in [2.24, 2.45) is 12.5 Å². The number of aryl methyl sites for hydroxylation is 3. The molecule has 2 aliphatic rings. The van der Waals surface area contributed by atoms with Crippen molar-refractivity contribution in [1.29, 1.82) is 0 Å². The molecule has 1 fully saturated rings. The number of hydrogen-bond acceptors (Lipinski definition) is 5. The van der Waals surface area contributed by atoms with Gasteiger partial charge in [0.1, 0.15) is 12.4 Å². The lowest BCUT2D eigenvalue weighted by molar-refractivity contribution is -0.133. The lowest BCUT2D eigenvalue weighted by Gasteiger charge is -2.45. The van der Waals surface area contributed by atoms with E-state index in [1.54, 1.807) is 0 Å². The van der Waals surface area contributed by atoms with Crippen LogP contribution in [-0.4, -0.2) is 63.3 Å². The summed E-state index contributed by atoms with van der Waals surface area (Å²) in [5, 5.41) is 4.53. The summed E-state index contributed by atoms with van der Waals surface area (Å²) in [6, 6.07) is 12.7. The molecule has 0 aliphatic carbocycles. The zero-order valence-electron chi connectivity index (χ0n) is 24.6. The van der Waals surface area contributed by atoms with Crippen LogP contribution in [0.25, 0.3) is 0 Å². The Kier molecular flexibility index (Phi) is 9.20. The van der Waals surface area contributed by atoms with Gasteiger partial charge in [-0.1, -0.05) is 30.7 Å². The van der Waals surface area contributed by atoms with Crippen molar-refractivity contribution in [3.05, 3.63) is 76.9 Å². The summed E-state index contributed by atoms with van der Waals surface area (Å²) >= 11 is 0. The Morgan fingerprint density at radius 1 is 1.02 bits per heavy atom. The fourth-order valence-electron chi connectivity index (χ4n) is 6.68. The van der Waals surface area contributed by atoms with Crippen molar-refractivity contribution in [1.82, 2.24) is 24.6 Å². The van der Waals surface area contributed by atoms with Crippen molar-refractivity contribution in [2.45, 2.75) is 71.8 Å². The Balaban J connectivity index is 1.26. The molecule has 0 radical (unpaired) electrons. The number of ether oxygens (including phenoxy) is 1. The minimum atomic E-state index is 0.216. The molecule has 40 heavy (non-hydrogen) atoms. The predicted molar refractivity (Wildman–Crippen MR) is 158 cm³/mol. The molecule has 1 saturated heterocycles. The number of fused-ring (bicyclic) bond motifs is 1. The highest BCUT2D eigenvalue weighted by atomic mass is 16.5. The van der Waals surface area contributed by atoms with Gasteiger partial charge in [-0.2, -0.15) is 5.10 Å². The number of likely N-dealkylation sites (tertiary alicyclic amines) is 1. The number of carbonyl (C=O) groups is 1. The number of rotatable bonds is 5. The second-order valence-corrected chi connectivity index (χ2v) is 11.9. The minimum Gasteiger partial charge on any atom is -0.492 e. The van der Waals surface area contributed by atoms with Gasteiger partial charge in [-0.15, -0.1) is 0 Å². The second-order valence-electron chi connectivity index (χ2n) is 11.9. The molecule has 0 bridgehead atoms. The van der Waals surface area contributed by atoms with Gasteiger partial charge in [0.2, 0.25) is 5.91 Å². The molecule has 7 nitrogen and oxygen atoms in total. The molecule has 0 N–H and O–H groups in total. The zero-order valence-corrected chi connectivity index (χ0v) is 24.6. The topological polar surface area (TPSA) is 63.5 Å². The van der Waals surface area contributed by atoms with Crippen LogP contribution in [0.15, 0.2) is 48.8 Å². The maximum atomic E-state index is 13.3. The first-order chi connectivity index (χ1) is 19.4. The van der Waals surface area contributed by atoms with E-state index in [1.165, 1.54) is 29.5 Å². The minimum absolute atomic E-state index is 0.216. The lowest BCUT2D eigenvalue weighted by Crippen LogP contribution is -2.48. The summed E-state index contributed by atoms with van der Waals surface area (Å²) in [6.45, 7) is 9.28. The van der Waals surface area contributed by atoms with E-state index in [2.05, 4.69) is 57.1 Å². The van der Waals surface area contributed by atoms with E-state index >= 15 is 0 Å². The Morgan fingerprint density at radius 3 is 2.60 bits per heavy atom. The molecule has 2 aromatic heterocycles. The van der Waals surface area contributed by atoms with Crippen molar-refractivity contribution in [2.75, 3.05) is 32.8 Å². The van der Waals surface area contributed by atoms with E-state index < -0.39 is 0 Å². The number of piperidine rings is 1. The number of carbonyl (C=O) groups excluding carboxylic acids is 1. The summed E-state index contributed by atoms with van der Waals surface area (Å²) < 4.78 is 8.24. The maximum Gasteiger partial charge on any atom is 0.222 e. The number of hydrogen-bond donors (Lipinski definition) is 0. The van der Waals surface area contributed by atoms with Gasteiger partial charge in [-0.05, 0) is 86.6 Å². The van der Waals surface area contributed by atoms with E-state index in [-0.39, 0.29) is 11.3 Å². The van der Waals surface area contributed by atoms with Gasteiger partial charge < -0.3 is 9.64 Å². The normalized spacial score (nSPS) is 18.4. The first-order valence-electron chi connectivity index (χ1n) is 15.0. The number of amides is 1. The third-order valence-corrected chi connectivity index (χ3v) is 9.15. The second kappa shape index (κ2) is 13.0. The van der Waals surface area contributed by atoms with E-state index in [9.17, 15) is 4.79 Å². The van der Waals surface area contributed by atoms with Crippen LogP contribution in [0.2, 0.25) is 0 Å². The first-order valence-corrected chi connectivity index (χ1v) is 15.0. The molecule has 2 aliphatic heterocycles. The number of aromatic nitrogens is 3. The number of nitrogens with zero attached hydrogens (tertiary/aromatic N) is 5. The molecule has 1 spiro atoms. The van der Waals surface area contributed by atoms with Gasteiger partial charge in [-0.25, -0.2) is 0 Å². The van der Waals surface area contributed by atoms with Crippen LogP contribution in [0.4, 0.5) is 0 Å². The SMILES string of the molecule is Cc1nn(C)c(C)c1CCC(=O)N1CCC2(CCCCc3ccccc3OCCN(Cc3cccnc3)C2)CC1. The van der Waals surface area contributed by atoms with Crippen LogP contribution in [0.1, 0.15) is 66.6 Å². The largest absolute Gasteiger partial charge is 0.492 e. The zero-order chi connectivity index (χ0) is 28.0. The first kappa shape index (κ1) is 28.3. The molecule has 1 amide bonds. The number of para-hydroxylation sites is 1. The van der Waals surface area contributed by atoms with Crippen LogP contribution >= 0.6 is 0 Å². The van der Waals surface area contributed by atoms with Crippen molar-refractivity contribution >= 4 is 5.91 Å². The average molecular weight is 544 g/mol. The Hall–Kier alpha value is -3.19. The molecule has 5 rings (SSSR count). The standard InChI is InChI=1S/C33H45N5O2/c1-26-30(27(2)36(3)35-26)13-14-32(39)38-19-16-33(17-20-38)15-7-6-11-29-10-4-5-12-31(29)40-22-21-37(25-33)24-28-9-8-18-34-23-28/h4-5,8-10,12,18,23H,6-7,11,13-17,19-22,24-25H2,1-3H3. The smallest absolute Gasteiger partial charge is 0.222 e. The van der Waals surface area contributed by atoms with E-state index in [1.807, 2.05) is 37.1 Å². The number of pyridine rings is 1. The Bertz CT molecular complexity index is 1260. The molecule has 214 valence electrons. The van der Waals surface area contributed by atoms with Gasteiger partial charge in [-0.3, -0.25) is 19.4 Å². The highest BCUT2D eigenvalue weighted by molar-refractivity contribution is 5.76. The highest BCUT2D eigenvalue weighted by Crippen LogP contribution is 2.39. The lowest BCUT2D eigenvalue weighted by atomic mass is 9.73. The molecule has 0 unspecified atom stereocenters. The van der Waals surface area contributed by atoms with Crippen LogP contribution in [0.3, 0.4) is 0 Å². The Morgan fingerprint density at radius 2 is 1.85 bits per heavy atom. The predicted octanol–water partition coefficient (Wildman–Crippen LogP) is 5.28. The molecule has 3 aromatic rings. The molecular weight excluding hydrogens is 498 g/mol. The summed E-state index contributed by atoms with van der Waals surface area (Å²) in [6.07, 6.45) is 11.9. The molecular formula is C33H45N5O2. The van der Waals surface area contributed by atoms with Gasteiger partial charge in [0.05, 0.1) is 5.69 Å². The van der Waals surface area contributed by atoms with Crippen molar-refractivity contribution < 1.29 is 9.53 Å². The summed E-state index contributed by atoms with van der Waals surface area (Å²) in [5.74, 6) is 1.31. The van der Waals surface area contributed by atoms with Crippen LogP contribution < -0.4 is 4.74 Å². The molecule has 0 atom stereocenters. The van der Waals surface area contributed by atoms with Gasteiger partial charge in [0.15, 0.2) is 0 Å². The molecule has 0 saturated carbocycles. The fourth-order valence-corrected chi connectivity index (χ4v) is 6.68. The van der Waals surface area contributed by atoms with E-state index in [0.717, 1.165) is 82.0 Å². The third-order valence-electron chi connectivity index (χ3n) is 9.15. The Labute approximate surface area is 239 Å². The van der Waals surface area contributed by atoms with Crippen molar-refractivity contribution in [3.8, 4) is 5.75 Å². The summed E-state index contributed by atoms with van der Waals surface area (Å²) in [4.78, 5) is 22.3. The van der Waals surface area contributed by atoms with Crippen molar-refractivity contribution in [3.63, 3.8) is 0 Å². The van der Waals surface area contributed by atoms with Crippen LogP contribution in [-0.2, 0) is 31.2 Å². The van der Waals surface area contributed by atoms with Gasteiger partial charge >= 0.3 is 0 Å². The maximum absolute atomic E-state index is 13.3. The molecule has 1 aromatic carbocycles. The van der Waals surface area contributed by atoms with Crippen LogP contribution in [0, 0.1) is 19.3 Å². The number of benzene rings is 1. The van der Waals surface area contributed by atoms with Gasteiger partial charge in [0, 0.05) is 64.3 Å². The van der Waals surface area contributed by atoms with Gasteiger partial charge in [0.25, 0.3) is 0 Å². The summed E-state index contributed by atoms with van der Waals surface area (Å²) in [7, 11) is 1.98. The summed E-state index contributed by atoms with van der Waals surface area (Å²) in [5.41, 5.74) is 6.19. The molecule has 7 heteroatoms. The highest BCUT2D eigenvalue weighted by Gasteiger charge is 2.37. The quantitative estimate of drug-likeness (QED) is 0.438.